The zero-order valence-electron chi connectivity index (χ0n) is 9.44. The number of hydrogen-bond acceptors (Lipinski definition) is 4. The molecule has 2 aromatic heterocycles. The molecule has 0 N–H and O–H groups in total. The Bertz CT molecular complexity index is 539. The normalized spacial score (nSPS) is 11.8. The molecule has 0 atom stereocenters. The van der Waals surface area contributed by atoms with Crippen LogP contribution < -0.4 is 9.47 Å². The van der Waals surface area contributed by atoms with Crippen molar-refractivity contribution in [1.29, 1.82) is 0 Å². The van der Waals surface area contributed by atoms with Gasteiger partial charge in [0.1, 0.15) is 0 Å². The van der Waals surface area contributed by atoms with Crippen LogP contribution in [0, 0.1) is 0 Å². The van der Waals surface area contributed by atoms with Crippen LogP contribution in [0.15, 0.2) is 18.3 Å². The molecule has 0 aliphatic heterocycles. The molecular formula is C10H10F3N3O2. The summed E-state index contributed by atoms with van der Waals surface area (Å²) >= 11 is 0. The Morgan fingerprint density at radius 1 is 1.22 bits per heavy atom. The minimum atomic E-state index is -4.39. The fourth-order valence-corrected chi connectivity index (χ4v) is 1.29. The van der Waals surface area contributed by atoms with Crippen LogP contribution in [0.1, 0.15) is 6.92 Å². The zero-order chi connectivity index (χ0) is 13.2. The number of alkyl halides is 3. The fourth-order valence-electron chi connectivity index (χ4n) is 1.29. The molecular weight excluding hydrogens is 251 g/mol. The number of hydrogen-bond donors (Lipinski definition) is 0. The summed E-state index contributed by atoms with van der Waals surface area (Å²) in [5, 5.41) is 3.83. The molecule has 5 nitrogen and oxygen atoms in total. The van der Waals surface area contributed by atoms with Crippen molar-refractivity contribution >= 4 is 5.65 Å². The maximum absolute atomic E-state index is 12.0. The second kappa shape index (κ2) is 4.71. The average Bonchev–Trinajstić information content (AvgIpc) is 2.67. The van der Waals surface area contributed by atoms with Crippen molar-refractivity contribution in [3.05, 3.63) is 18.3 Å². The van der Waals surface area contributed by atoms with Gasteiger partial charge in [0.15, 0.2) is 12.3 Å². The molecule has 0 aliphatic rings. The third kappa shape index (κ3) is 3.02. The largest absolute Gasteiger partial charge is 0.477 e. The van der Waals surface area contributed by atoms with Crippen molar-refractivity contribution in [2.24, 2.45) is 0 Å². The second-order valence-corrected chi connectivity index (χ2v) is 3.39. The van der Waals surface area contributed by atoms with Crippen molar-refractivity contribution in [3.63, 3.8) is 0 Å². The number of nitrogens with zero attached hydrogens (tertiary/aromatic N) is 3. The summed E-state index contributed by atoms with van der Waals surface area (Å²) < 4.78 is 46.9. The molecule has 2 heterocycles. The summed E-state index contributed by atoms with van der Waals surface area (Å²) in [6.45, 7) is 0.870. The number of aromatic nitrogens is 3. The van der Waals surface area contributed by atoms with Crippen LogP contribution in [0.4, 0.5) is 13.2 Å². The summed E-state index contributed by atoms with van der Waals surface area (Å²) in [7, 11) is 0. The molecule has 0 saturated carbocycles. The van der Waals surface area contributed by atoms with E-state index in [-0.39, 0.29) is 5.88 Å². The van der Waals surface area contributed by atoms with Crippen LogP contribution in [0.3, 0.4) is 0 Å². The third-order valence-electron chi connectivity index (χ3n) is 1.95. The molecule has 8 heteroatoms. The lowest BCUT2D eigenvalue weighted by atomic mass is 10.5. The van der Waals surface area contributed by atoms with Crippen molar-refractivity contribution in [2.75, 3.05) is 13.2 Å². The summed E-state index contributed by atoms with van der Waals surface area (Å²) in [4.78, 5) is 4.05. The van der Waals surface area contributed by atoms with E-state index in [2.05, 4.69) is 14.8 Å². The molecule has 18 heavy (non-hydrogen) atoms. The Hall–Kier alpha value is -1.99. The Labute approximate surface area is 100 Å². The zero-order valence-corrected chi connectivity index (χ0v) is 9.44. The van der Waals surface area contributed by atoms with Gasteiger partial charge in [0.05, 0.1) is 12.8 Å². The van der Waals surface area contributed by atoms with Crippen LogP contribution in [-0.4, -0.2) is 34.0 Å². The number of ether oxygens (including phenoxy) is 2. The highest BCUT2D eigenvalue weighted by Gasteiger charge is 2.28. The Morgan fingerprint density at radius 3 is 2.67 bits per heavy atom. The maximum atomic E-state index is 12.0. The summed E-state index contributed by atoms with van der Waals surface area (Å²) in [5.41, 5.74) is 0.470. The van der Waals surface area contributed by atoms with Crippen LogP contribution in [0.2, 0.25) is 0 Å². The predicted molar refractivity (Wildman–Crippen MR) is 55.7 cm³/mol. The average molecular weight is 261 g/mol. The van der Waals surface area contributed by atoms with Crippen LogP contribution in [0.25, 0.3) is 5.65 Å². The molecule has 0 aromatic carbocycles. The van der Waals surface area contributed by atoms with E-state index in [1.165, 1.54) is 22.8 Å². The lowest BCUT2D eigenvalue weighted by Gasteiger charge is -2.07. The van der Waals surface area contributed by atoms with Gasteiger partial charge in [-0.2, -0.15) is 18.2 Å². The van der Waals surface area contributed by atoms with Crippen molar-refractivity contribution in [1.82, 2.24) is 14.6 Å². The van der Waals surface area contributed by atoms with Crippen LogP contribution in [0.5, 0.6) is 11.8 Å². The van der Waals surface area contributed by atoms with Gasteiger partial charge in [-0.3, -0.25) is 0 Å². The highest BCUT2D eigenvalue weighted by Crippen LogP contribution is 2.18. The SMILES string of the molecule is CCOc1cn2nc(OCC(F)(F)F)ccc2n1. The van der Waals surface area contributed by atoms with Crippen molar-refractivity contribution < 1.29 is 22.6 Å². The monoisotopic (exact) mass is 261 g/mol. The summed E-state index contributed by atoms with van der Waals surface area (Å²) in [6, 6.07) is 2.82. The van der Waals surface area contributed by atoms with Gasteiger partial charge in [0.25, 0.3) is 0 Å². The molecule has 98 valence electrons. The standard InChI is InChI=1S/C10H10F3N3O2/c1-2-17-9-5-16-7(14-9)3-4-8(15-16)18-6-10(11,12)13/h3-5H,2,6H2,1H3. The highest BCUT2D eigenvalue weighted by atomic mass is 19.4. The predicted octanol–water partition coefficient (Wildman–Crippen LogP) is 2.07. The van der Waals surface area contributed by atoms with E-state index in [1.807, 2.05) is 0 Å². The van der Waals surface area contributed by atoms with Crippen LogP contribution in [-0.2, 0) is 0 Å². The number of imidazole rings is 1. The molecule has 0 amide bonds. The van der Waals surface area contributed by atoms with Gasteiger partial charge in [-0.15, -0.1) is 5.10 Å². The molecule has 2 rings (SSSR count). The summed E-state index contributed by atoms with van der Waals surface area (Å²) in [5.74, 6) is 0.234. The van der Waals surface area contributed by atoms with Gasteiger partial charge in [-0.25, -0.2) is 4.52 Å². The first-order chi connectivity index (χ1) is 8.48. The van der Waals surface area contributed by atoms with Gasteiger partial charge in [-0.1, -0.05) is 0 Å². The fraction of sp³-hybridized carbons (Fsp3) is 0.400. The molecule has 0 aliphatic carbocycles. The lowest BCUT2D eigenvalue weighted by molar-refractivity contribution is -0.154. The van der Waals surface area contributed by atoms with E-state index in [0.29, 0.717) is 18.1 Å². The Morgan fingerprint density at radius 2 is 2.00 bits per heavy atom. The lowest BCUT2D eigenvalue weighted by Crippen LogP contribution is -2.19. The van der Waals surface area contributed by atoms with Crippen molar-refractivity contribution in [3.8, 4) is 11.8 Å². The van der Waals surface area contributed by atoms with E-state index in [1.54, 1.807) is 6.92 Å². The van der Waals surface area contributed by atoms with Gasteiger partial charge in [-0.05, 0) is 13.0 Å². The Kier molecular flexibility index (Phi) is 3.26. The maximum Gasteiger partial charge on any atom is 0.422 e. The van der Waals surface area contributed by atoms with E-state index in [9.17, 15) is 13.2 Å². The molecule has 0 radical (unpaired) electrons. The van der Waals surface area contributed by atoms with Gasteiger partial charge in [0, 0.05) is 6.07 Å². The van der Waals surface area contributed by atoms with Gasteiger partial charge in [0.2, 0.25) is 11.8 Å². The molecule has 0 fully saturated rings. The molecule has 0 unspecified atom stereocenters. The Balaban J connectivity index is 2.16. The van der Waals surface area contributed by atoms with Crippen LogP contribution >= 0.6 is 0 Å². The molecule has 0 saturated heterocycles. The third-order valence-corrected chi connectivity index (χ3v) is 1.95. The highest BCUT2D eigenvalue weighted by molar-refractivity contribution is 5.41. The minimum absolute atomic E-state index is 0.125. The van der Waals surface area contributed by atoms with Gasteiger partial charge >= 0.3 is 6.18 Å². The molecule has 0 bridgehead atoms. The number of rotatable bonds is 4. The first kappa shape index (κ1) is 12.5. The first-order valence-corrected chi connectivity index (χ1v) is 5.17. The summed E-state index contributed by atoms with van der Waals surface area (Å²) in [6.07, 6.45) is -2.92. The smallest absolute Gasteiger partial charge is 0.422 e. The van der Waals surface area contributed by atoms with E-state index in [0.717, 1.165) is 0 Å². The topological polar surface area (TPSA) is 48.7 Å². The molecule has 0 spiro atoms. The minimum Gasteiger partial charge on any atom is -0.477 e. The van der Waals surface area contributed by atoms with E-state index < -0.39 is 12.8 Å². The second-order valence-electron chi connectivity index (χ2n) is 3.39. The number of fused-ring (bicyclic) bond motifs is 1. The quantitative estimate of drug-likeness (QED) is 0.845. The molecule has 2 aromatic rings. The number of halogens is 3. The van der Waals surface area contributed by atoms with Crippen molar-refractivity contribution in [2.45, 2.75) is 13.1 Å². The van der Waals surface area contributed by atoms with E-state index in [4.69, 9.17) is 4.74 Å². The first-order valence-electron chi connectivity index (χ1n) is 5.17. The van der Waals surface area contributed by atoms with Gasteiger partial charge < -0.3 is 9.47 Å². The van der Waals surface area contributed by atoms with E-state index >= 15 is 0 Å².